The monoisotopic (exact) mass is 294 g/mol. The molecule has 0 aliphatic rings. The van der Waals surface area contributed by atoms with Gasteiger partial charge in [0.05, 0.1) is 5.56 Å². The van der Waals surface area contributed by atoms with E-state index >= 15 is 0 Å². The molecule has 0 amide bonds. The average molecular weight is 295 g/mol. The highest BCUT2D eigenvalue weighted by atomic mass is 35.5. The molecule has 1 aromatic rings. The maximum Gasteiger partial charge on any atom is 0.416 e. The molecule has 0 heterocycles. The van der Waals surface area contributed by atoms with Crippen LogP contribution in [0.15, 0.2) is 47.0 Å². The van der Waals surface area contributed by atoms with E-state index in [2.05, 4.69) is 0 Å². The number of hydrogen-bond acceptors (Lipinski definition) is 1. The van der Waals surface area contributed by atoms with Gasteiger partial charge in [-0.25, -0.2) is 0 Å². The zero-order chi connectivity index (χ0) is 13.8. The Hall–Kier alpha value is -1.26. The van der Waals surface area contributed by atoms with Crippen molar-refractivity contribution in [2.75, 3.05) is 0 Å². The molecule has 1 nitrogen and oxygen atoms in total. The first kappa shape index (κ1) is 14.8. The van der Waals surface area contributed by atoms with Crippen molar-refractivity contribution in [3.63, 3.8) is 0 Å². The van der Waals surface area contributed by atoms with Gasteiger partial charge in [-0.2, -0.15) is 13.2 Å². The first-order valence-electron chi connectivity index (χ1n) is 4.71. The van der Waals surface area contributed by atoms with Crippen LogP contribution in [0.1, 0.15) is 15.9 Å². The van der Waals surface area contributed by atoms with Crippen LogP contribution < -0.4 is 0 Å². The minimum atomic E-state index is -4.41. The second-order valence-electron chi connectivity index (χ2n) is 3.25. The summed E-state index contributed by atoms with van der Waals surface area (Å²) in [6.45, 7) is 0. The molecule has 6 heteroatoms. The molecule has 0 aliphatic carbocycles. The van der Waals surface area contributed by atoms with Crippen LogP contribution in [0.4, 0.5) is 13.2 Å². The Kier molecular flexibility index (Phi) is 4.99. The molecular formula is C12H7Cl2F3O. The van der Waals surface area contributed by atoms with Crippen LogP contribution in [-0.2, 0) is 6.18 Å². The van der Waals surface area contributed by atoms with Crippen LogP contribution >= 0.6 is 23.2 Å². The SMILES string of the molecule is O=C(C=CC=C(Cl)Cl)c1ccc(C(F)(F)F)cc1. The highest BCUT2D eigenvalue weighted by Crippen LogP contribution is 2.29. The van der Waals surface area contributed by atoms with Crippen molar-refractivity contribution in [2.45, 2.75) is 6.18 Å². The third-order valence-electron chi connectivity index (χ3n) is 1.97. The molecule has 1 rings (SSSR count). The van der Waals surface area contributed by atoms with Crippen molar-refractivity contribution in [1.29, 1.82) is 0 Å². The lowest BCUT2D eigenvalue weighted by Gasteiger charge is -2.06. The van der Waals surface area contributed by atoms with Gasteiger partial charge >= 0.3 is 6.18 Å². The van der Waals surface area contributed by atoms with E-state index in [9.17, 15) is 18.0 Å². The molecule has 96 valence electrons. The Morgan fingerprint density at radius 2 is 1.67 bits per heavy atom. The Labute approximate surface area is 112 Å². The normalized spacial score (nSPS) is 11.6. The van der Waals surface area contributed by atoms with Gasteiger partial charge in [-0.3, -0.25) is 4.79 Å². The molecular weight excluding hydrogens is 288 g/mol. The van der Waals surface area contributed by atoms with Crippen LogP contribution in [0.2, 0.25) is 0 Å². The summed E-state index contributed by atoms with van der Waals surface area (Å²) in [6.07, 6.45) is -0.653. The molecule has 0 atom stereocenters. The Morgan fingerprint density at radius 3 is 2.11 bits per heavy atom. The number of hydrogen-bond donors (Lipinski definition) is 0. The van der Waals surface area contributed by atoms with Crippen LogP contribution in [0.3, 0.4) is 0 Å². The number of rotatable bonds is 3. The summed E-state index contributed by atoms with van der Waals surface area (Å²) in [7, 11) is 0. The zero-order valence-electron chi connectivity index (χ0n) is 8.84. The van der Waals surface area contributed by atoms with Crippen molar-refractivity contribution in [3.8, 4) is 0 Å². The van der Waals surface area contributed by atoms with E-state index in [0.29, 0.717) is 0 Å². The molecule has 0 saturated carbocycles. The van der Waals surface area contributed by atoms with E-state index in [1.807, 2.05) is 0 Å². The van der Waals surface area contributed by atoms with E-state index < -0.39 is 17.5 Å². The van der Waals surface area contributed by atoms with Gasteiger partial charge in [-0.05, 0) is 24.3 Å². The fourth-order valence-electron chi connectivity index (χ4n) is 1.13. The molecule has 0 N–H and O–H groups in total. The fourth-order valence-corrected chi connectivity index (χ4v) is 1.27. The Balaban J connectivity index is 2.83. The summed E-state index contributed by atoms with van der Waals surface area (Å²) in [5.41, 5.74) is -0.648. The quantitative estimate of drug-likeness (QED) is 0.446. The third kappa shape index (κ3) is 4.55. The molecule has 0 saturated heterocycles. The lowest BCUT2D eigenvalue weighted by atomic mass is 10.1. The molecule has 0 unspecified atom stereocenters. The van der Waals surface area contributed by atoms with Gasteiger partial charge in [0.1, 0.15) is 4.49 Å². The smallest absolute Gasteiger partial charge is 0.289 e. The number of benzene rings is 1. The number of carbonyl (C=O) groups is 1. The maximum atomic E-state index is 12.3. The van der Waals surface area contributed by atoms with E-state index in [1.54, 1.807) is 0 Å². The summed E-state index contributed by atoms with van der Waals surface area (Å²) >= 11 is 10.6. The van der Waals surface area contributed by atoms with Crippen molar-refractivity contribution < 1.29 is 18.0 Å². The molecule has 0 bridgehead atoms. The molecule has 18 heavy (non-hydrogen) atoms. The number of carbonyl (C=O) groups excluding carboxylic acids is 1. The molecule has 1 aromatic carbocycles. The van der Waals surface area contributed by atoms with Crippen molar-refractivity contribution in [1.82, 2.24) is 0 Å². The number of ketones is 1. The number of alkyl halides is 3. The Bertz CT molecular complexity index is 483. The van der Waals surface area contributed by atoms with Gasteiger partial charge in [-0.1, -0.05) is 41.4 Å². The fraction of sp³-hybridized carbons (Fsp3) is 0.0833. The maximum absolute atomic E-state index is 12.3. The molecule has 0 spiro atoms. The summed E-state index contributed by atoms with van der Waals surface area (Å²) in [5, 5.41) is 0. The minimum absolute atomic E-state index is 0.0218. The van der Waals surface area contributed by atoms with Crippen LogP contribution in [0.5, 0.6) is 0 Å². The van der Waals surface area contributed by atoms with E-state index in [4.69, 9.17) is 23.2 Å². The Morgan fingerprint density at radius 1 is 1.11 bits per heavy atom. The molecule has 0 aromatic heterocycles. The van der Waals surface area contributed by atoms with Gasteiger partial charge in [0.15, 0.2) is 5.78 Å². The number of halogens is 5. The van der Waals surface area contributed by atoms with Gasteiger partial charge in [-0.15, -0.1) is 0 Å². The summed E-state index contributed by atoms with van der Waals surface area (Å²) < 4.78 is 36.8. The van der Waals surface area contributed by atoms with Gasteiger partial charge in [0, 0.05) is 5.56 Å². The summed E-state index contributed by atoms with van der Waals surface area (Å²) in [6, 6.07) is 3.93. The van der Waals surface area contributed by atoms with Crippen LogP contribution in [0.25, 0.3) is 0 Å². The highest BCUT2D eigenvalue weighted by Gasteiger charge is 2.30. The van der Waals surface area contributed by atoms with E-state index in [1.165, 1.54) is 12.2 Å². The first-order valence-corrected chi connectivity index (χ1v) is 5.47. The van der Waals surface area contributed by atoms with Crippen molar-refractivity contribution >= 4 is 29.0 Å². The highest BCUT2D eigenvalue weighted by molar-refractivity contribution is 6.56. The minimum Gasteiger partial charge on any atom is -0.289 e. The second-order valence-corrected chi connectivity index (χ2v) is 4.26. The van der Waals surface area contributed by atoms with E-state index in [0.717, 1.165) is 30.3 Å². The summed E-state index contributed by atoms with van der Waals surface area (Å²) in [4.78, 5) is 11.5. The van der Waals surface area contributed by atoms with E-state index in [-0.39, 0.29) is 10.1 Å². The second kappa shape index (κ2) is 6.07. The molecule has 0 aliphatic heterocycles. The van der Waals surface area contributed by atoms with Crippen LogP contribution in [-0.4, -0.2) is 5.78 Å². The van der Waals surface area contributed by atoms with Gasteiger partial charge < -0.3 is 0 Å². The number of allylic oxidation sites excluding steroid dienone is 3. The first-order chi connectivity index (χ1) is 8.30. The average Bonchev–Trinajstić information content (AvgIpc) is 2.27. The predicted octanol–water partition coefficient (Wildman–Crippen LogP) is 4.76. The van der Waals surface area contributed by atoms with Crippen molar-refractivity contribution in [2.24, 2.45) is 0 Å². The topological polar surface area (TPSA) is 17.1 Å². The zero-order valence-corrected chi connectivity index (χ0v) is 10.4. The summed E-state index contributed by atoms with van der Waals surface area (Å²) in [5.74, 6) is -0.436. The van der Waals surface area contributed by atoms with Gasteiger partial charge in [0.25, 0.3) is 0 Å². The molecule has 0 radical (unpaired) electrons. The standard InChI is InChI=1S/C12H7Cl2F3O/c13-11(14)3-1-2-10(18)8-4-6-9(7-5-8)12(15,16)17/h1-7H. The largest absolute Gasteiger partial charge is 0.416 e. The van der Waals surface area contributed by atoms with Gasteiger partial charge in [0.2, 0.25) is 0 Å². The van der Waals surface area contributed by atoms with Crippen molar-refractivity contribution in [3.05, 3.63) is 58.1 Å². The predicted molar refractivity (Wildman–Crippen MR) is 64.7 cm³/mol. The molecule has 0 fully saturated rings. The lowest BCUT2D eigenvalue weighted by molar-refractivity contribution is -0.137. The van der Waals surface area contributed by atoms with Crippen LogP contribution in [0, 0.1) is 0 Å². The third-order valence-corrected chi connectivity index (χ3v) is 2.22. The lowest BCUT2D eigenvalue weighted by Crippen LogP contribution is -2.05.